The molecule has 1 heterocycles. The fraction of sp³-hybridized carbons (Fsp3) is 0.438. The van der Waals surface area contributed by atoms with Crippen LogP contribution in [0.4, 0.5) is 5.69 Å². The van der Waals surface area contributed by atoms with Gasteiger partial charge in [0.25, 0.3) is 0 Å². The Labute approximate surface area is 137 Å². The normalized spacial score (nSPS) is 12.4. The van der Waals surface area contributed by atoms with Gasteiger partial charge in [0.1, 0.15) is 11.3 Å². The highest BCUT2D eigenvalue weighted by molar-refractivity contribution is 7.88. The maximum atomic E-state index is 11.4. The van der Waals surface area contributed by atoms with E-state index in [4.69, 9.17) is 4.74 Å². The second kappa shape index (κ2) is 6.33. The van der Waals surface area contributed by atoms with E-state index in [9.17, 15) is 8.42 Å². The highest BCUT2D eigenvalue weighted by Gasteiger charge is 2.22. The number of nitrogens with one attached hydrogen (secondary N) is 2. The van der Waals surface area contributed by atoms with Crippen molar-refractivity contribution in [3.05, 3.63) is 30.0 Å². The van der Waals surface area contributed by atoms with Crippen LogP contribution in [0.5, 0.6) is 5.75 Å². The summed E-state index contributed by atoms with van der Waals surface area (Å²) < 4.78 is 30.9. The zero-order chi connectivity index (χ0) is 17.3. The molecule has 0 aliphatic rings. The van der Waals surface area contributed by atoms with Gasteiger partial charge in [-0.3, -0.25) is 0 Å². The quantitative estimate of drug-likeness (QED) is 0.845. The monoisotopic (exact) mass is 337 g/mol. The van der Waals surface area contributed by atoms with Crippen molar-refractivity contribution < 1.29 is 13.2 Å². The Morgan fingerprint density at radius 3 is 2.61 bits per heavy atom. The SMILES string of the molecule is COc1cccc2c(NCC(C)(C)NS(C)(=O)=O)cc(C)nc12. The number of pyridine rings is 1. The summed E-state index contributed by atoms with van der Waals surface area (Å²) in [5.74, 6) is 0.711. The fourth-order valence-electron chi connectivity index (χ4n) is 2.52. The van der Waals surface area contributed by atoms with Crippen LogP contribution in [0.3, 0.4) is 0 Å². The summed E-state index contributed by atoms with van der Waals surface area (Å²) in [5.41, 5.74) is 1.93. The molecule has 0 unspecified atom stereocenters. The second-order valence-electron chi connectivity index (χ2n) is 6.28. The molecular formula is C16H23N3O3S. The van der Waals surface area contributed by atoms with Gasteiger partial charge in [-0.05, 0) is 32.9 Å². The van der Waals surface area contributed by atoms with E-state index in [1.807, 2.05) is 45.0 Å². The third-order valence-electron chi connectivity index (χ3n) is 3.33. The number of ether oxygens (including phenoxy) is 1. The minimum Gasteiger partial charge on any atom is -0.494 e. The van der Waals surface area contributed by atoms with Crippen molar-refractivity contribution in [2.75, 3.05) is 25.2 Å². The van der Waals surface area contributed by atoms with E-state index >= 15 is 0 Å². The first kappa shape index (κ1) is 17.5. The molecule has 0 amide bonds. The molecule has 1 aromatic carbocycles. The molecule has 2 N–H and O–H groups in total. The zero-order valence-corrected chi connectivity index (χ0v) is 14.9. The summed E-state index contributed by atoms with van der Waals surface area (Å²) in [6, 6.07) is 7.68. The van der Waals surface area contributed by atoms with Gasteiger partial charge in [0.15, 0.2) is 0 Å². The molecule has 7 heteroatoms. The van der Waals surface area contributed by atoms with Gasteiger partial charge >= 0.3 is 0 Å². The van der Waals surface area contributed by atoms with E-state index < -0.39 is 15.6 Å². The van der Waals surface area contributed by atoms with Crippen molar-refractivity contribution in [2.45, 2.75) is 26.3 Å². The Bertz CT molecular complexity index is 817. The van der Waals surface area contributed by atoms with Gasteiger partial charge in [-0.15, -0.1) is 0 Å². The summed E-state index contributed by atoms with van der Waals surface area (Å²) in [7, 11) is -1.65. The Morgan fingerprint density at radius 2 is 2.00 bits per heavy atom. The van der Waals surface area contributed by atoms with Crippen LogP contribution in [0.25, 0.3) is 10.9 Å². The van der Waals surface area contributed by atoms with Crippen LogP contribution in [0.2, 0.25) is 0 Å². The topological polar surface area (TPSA) is 80.3 Å². The predicted octanol–water partition coefficient (Wildman–Crippen LogP) is 2.29. The molecule has 0 aliphatic heterocycles. The molecular weight excluding hydrogens is 314 g/mol. The minimum atomic E-state index is -3.27. The molecule has 126 valence electrons. The van der Waals surface area contributed by atoms with Crippen LogP contribution in [-0.2, 0) is 10.0 Å². The minimum absolute atomic E-state index is 0.440. The molecule has 0 spiro atoms. The third kappa shape index (κ3) is 4.56. The number of para-hydroxylation sites is 1. The van der Waals surface area contributed by atoms with Crippen molar-refractivity contribution >= 4 is 26.6 Å². The van der Waals surface area contributed by atoms with E-state index in [1.165, 1.54) is 0 Å². The van der Waals surface area contributed by atoms with Crippen LogP contribution < -0.4 is 14.8 Å². The van der Waals surface area contributed by atoms with Gasteiger partial charge in [-0.2, -0.15) is 0 Å². The van der Waals surface area contributed by atoms with Crippen LogP contribution in [-0.4, -0.2) is 38.9 Å². The lowest BCUT2D eigenvalue weighted by atomic mass is 10.1. The number of sulfonamides is 1. The average molecular weight is 337 g/mol. The molecule has 0 atom stereocenters. The second-order valence-corrected chi connectivity index (χ2v) is 8.03. The number of nitrogens with zero attached hydrogens (tertiary/aromatic N) is 1. The van der Waals surface area contributed by atoms with Gasteiger partial charge in [0.2, 0.25) is 10.0 Å². The van der Waals surface area contributed by atoms with Crippen molar-refractivity contribution in [2.24, 2.45) is 0 Å². The molecule has 0 bridgehead atoms. The molecule has 0 aliphatic carbocycles. The van der Waals surface area contributed by atoms with Gasteiger partial charge < -0.3 is 10.1 Å². The summed E-state index contributed by atoms with van der Waals surface area (Å²) in [5, 5.41) is 4.26. The summed E-state index contributed by atoms with van der Waals surface area (Å²) in [4.78, 5) is 4.53. The number of aryl methyl sites for hydroxylation is 1. The van der Waals surface area contributed by atoms with Crippen LogP contribution in [0.1, 0.15) is 19.5 Å². The Hall–Kier alpha value is -1.86. The molecule has 6 nitrogen and oxygen atoms in total. The van der Waals surface area contributed by atoms with Crippen molar-refractivity contribution in [3.8, 4) is 5.75 Å². The predicted molar refractivity (Wildman–Crippen MR) is 93.6 cm³/mol. The van der Waals surface area contributed by atoms with E-state index in [0.29, 0.717) is 12.3 Å². The van der Waals surface area contributed by atoms with Gasteiger partial charge in [0, 0.05) is 28.9 Å². The molecule has 1 aromatic heterocycles. The molecule has 2 rings (SSSR count). The highest BCUT2D eigenvalue weighted by Crippen LogP contribution is 2.30. The molecule has 0 saturated heterocycles. The van der Waals surface area contributed by atoms with E-state index in [-0.39, 0.29) is 0 Å². The van der Waals surface area contributed by atoms with Crippen molar-refractivity contribution in [3.63, 3.8) is 0 Å². The van der Waals surface area contributed by atoms with Gasteiger partial charge in [-0.25, -0.2) is 18.1 Å². The van der Waals surface area contributed by atoms with Crippen LogP contribution >= 0.6 is 0 Å². The maximum absolute atomic E-state index is 11.4. The Morgan fingerprint density at radius 1 is 1.30 bits per heavy atom. The first-order valence-electron chi connectivity index (χ1n) is 7.28. The first-order valence-corrected chi connectivity index (χ1v) is 9.18. The number of hydrogen-bond acceptors (Lipinski definition) is 5. The number of anilines is 1. The van der Waals surface area contributed by atoms with Gasteiger partial charge in [0.05, 0.1) is 13.4 Å². The lowest BCUT2D eigenvalue weighted by molar-refractivity contribution is 0.419. The largest absolute Gasteiger partial charge is 0.494 e. The molecule has 0 radical (unpaired) electrons. The lowest BCUT2D eigenvalue weighted by Crippen LogP contribution is -2.47. The third-order valence-corrected chi connectivity index (χ3v) is 4.26. The molecule has 2 aromatic rings. The molecule has 23 heavy (non-hydrogen) atoms. The van der Waals surface area contributed by atoms with Crippen LogP contribution in [0, 0.1) is 6.92 Å². The zero-order valence-electron chi connectivity index (χ0n) is 14.1. The van der Waals surface area contributed by atoms with E-state index in [0.717, 1.165) is 28.5 Å². The van der Waals surface area contributed by atoms with Crippen molar-refractivity contribution in [1.82, 2.24) is 9.71 Å². The van der Waals surface area contributed by atoms with E-state index in [2.05, 4.69) is 15.0 Å². The number of fused-ring (bicyclic) bond motifs is 1. The maximum Gasteiger partial charge on any atom is 0.209 e. The number of aromatic nitrogens is 1. The fourth-order valence-corrected chi connectivity index (χ4v) is 3.59. The first-order chi connectivity index (χ1) is 10.6. The highest BCUT2D eigenvalue weighted by atomic mass is 32.2. The number of methoxy groups -OCH3 is 1. The number of benzene rings is 1. The molecule has 0 saturated carbocycles. The van der Waals surface area contributed by atoms with Crippen molar-refractivity contribution in [1.29, 1.82) is 0 Å². The number of rotatable bonds is 6. The average Bonchev–Trinajstić information content (AvgIpc) is 2.41. The Kier molecular flexibility index (Phi) is 4.81. The molecule has 0 fully saturated rings. The van der Waals surface area contributed by atoms with Gasteiger partial charge in [-0.1, -0.05) is 12.1 Å². The number of hydrogen-bond donors (Lipinski definition) is 2. The van der Waals surface area contributed by atoms with E-state index in [1.54, 1.807) is 7.11 Å². The summed E-state index contributed by atoms with van der Waals surface area (Å²) in [6.45, 7) is 6.02. The van der Waals surface area contributed by atoms with Crippen LogP contribution in [0.15, 0.2) is 24.3 Å². The smallest absolute Gasteiger partial charge is 0.209 e. The standard InChI is InChI=1S/C16H23N3O3S/c1-11-9-13(17-10-16(2,3)19-23(5,20)21)12-7-6-8-14(22-4)15(12)18-11/h6-9,19H,10H2,1-5H3,(H,17,18). The summed E-state index contributed by atoms with van der Waals surface area (Å²) >= 11 is 0. The summed E-state index contributed by atoms with van der Waals surface area (Å²) in [6.07, 6.45) is 1.16. The lowest BCUT2D eigenvalue weighted by Gasteiger charge is -2.26. The Balaban J connectivity index is 2.34.